The Morgan fingerprint density at radius 2 is 1.91 bits per heavy atom. The van der Waals surface area contributed by atoms with Gasteiger partial charge in [0.2, 0.25) is 5.16 Å². The molecule has 2 aromatic carbocycles. The molecule has 3 aromatic rings. The summed E-state index contributed by atoms with van der Waals surface area (Å²) in [6, 6.07) is 12.6. The van der Waals surface area contributed by atoms with Crippen molar-refractivity contribution in [3.8, 4) is 11.4 Å². The summed E-state index contributed by atoms with van der Waals surface area (Å²) in [5, 5.41) is 8.91. The molecule has 0 saturated heterocycles. The summed E-state index contributed by atoms with van der Waals surface area (Å²) in [6.07, 6.45) is 0. The fraction of sp³-hybridized carbons (Fsp3) is 0.125. The van der Waals surface area contributed by atoms with Crippen molar-refractivity contribution in [1.29, 1.82) is 0 Å². The highest BCUT2D eigenvalue weighted by Crippen LogP contribution is 2.28. The van der Waals surface area contributed by atoms with Gasteiger partial charge in [0.05, 0.1) is 0 Å². The SMILES string of the molecule is Cc1ccc(-c2nnc(SCc3ccc(F)cc3Br)n2N)cc1. The summed E-state index contributed by atoms with van der Waals surface area (Å²) in [7, 11) is 0. The molecule has 0 aliphatic rings. The Balaban J connectivity index is 1.78. The van der Waals surface area contributed by atoms with Gasteiger partial charge in [-0.1, -0.05) is 63.6 Å². The Kier molecular flexibility index (Phi) is 4.68. The predicted octanol–water partition coefficient (Wildman–Crippen LogP) is 4.16. The maximum atomic E-state index is 13.1. The van der Waals surface area contributed by atoms with E-state index in [2.05, 4.69) is 26.1 Å². The van der Waals surface area contributed by atoms with Gasteiger partial charge in [-0.3, -0.25) is 0 Å². The largest absolute Gasteiger partial charge is 0.335 e. The molecule has 4 nitrogen and oxygen atoms in total. The first kappa shape index (κ1) is 16.0. The van der Waals surface area contributed by atoms with Crippen LogP contribution in [0.2, 0.25) is 0 Å². The standard InChI is InChI=1S/C16H14BrFN4S/c1-10-2-4-11(5-3-10)15-20-21-16(22(15)19)23-9-12-6-7-13(18)8-14(12)17/h2-8H,9,19H2,1H3. The quantitative estimate of drug-likeness (QED) is 0.534. The summed E-state index contributed by atoms with van der Waals surface area (Å²) < 4.78 is 15.3. The second-order valence-corrected chi connectivity index (χ2v) is 6.86. The number of nitrogens with zero attached hydrogens (tertiary/aromatic N) is 3. The molecule has 3 rings (SSSR count). The molecular weight excluding hydrogens is 379 g/mol. The zero-order chi connectivity index (χ0) is 16.4. The summed E-state index contributed by atoms with van der Waals surface area (Å²) in [5.41, 5.74) is 3.06. The molecule has 0 radical (unpaired) electrons. The molecule has 0 spiro atoms. The fourth-order valence-corrected chi connectivity index (χ4v) is 3.59. The molecule has 0 unspecified atom stereocenters. The minimum atomic E-state index is -0.269. The summed E-state index contributed by atoms with van der Waals surface area (Å²) in [5.74, 6) is 7.06. The molecule has 1 aromatic heterocycles. The molecule has 0 fully saturated rings. The Hall–Kier alpha value is -1.86. The van der Waals surface area contributed by atoms with Crippen molar-refractivity contribution in [3.63, 3.8) is 0 Å². The molecule has 0 amide bonds. The van der Waals surface area contributed by atoms with Crippen molar-refractivity contribution < 1.29 is 4.39 Å². The molecule has 0 aliphatic carbocycles. The molecular formula is C16H14BrFN4S. The van der Waals surface area contributed by atoms with Crippen LogP contribution < -0.4 is 5.84 Å². The highest BCUT2D eigenvalue weighted by Gasteiger charge is 2.13. The lowest BCUT2D eigenvalue weighted by atomic mass is 10.1. The van der Waals surface area contributed by atoms with Crippen molar-refractivity contribution in [3.05, 3.63) is 63.9 Å². The summed E-state index contributed by atoms with van der Waals surface area (Å²) >= 11 is 4.81. The van der Waals surface area contributed by atoms with E-state index >= 15 is 0 Å². The number of aromatic nitrogens is 3. The number of aryl methyl sites for hydroxylation is 1. The van der Waals surface area contributed by atoms with Crippen LogP contribution in [0.15, 0.2) is 52.1 Å². The van der Waals surface area contributed by atoms with E-state index < -0.39 is 0 Å². The van der Waals surface area contributed by atoms with Gasteiger partial charge in [-0.25, -0.2) is 9.07 Å². The van der Waals surface area contributed by atoms with Crippen molar-refractivity contribution in [2.24, 2.45) is 0 Å². The molecule has 0 atom stereocenters. The number of nitrogen functional groups attached to an aromatic ring is 1. The van der Waals surface area contributed by atoms with Crippen LogP contribution >= 0.6 is 27.7 Å². The van der Waals surface area contributed by atoms with E-state index in [1.54, 1.807) is 6.07 Å². The van der Waals surface area contributed by atoms with Gasteiger partial charge in [0.15, 0.2) is 5.82 Å². The maximum absolute atomic E-state index is 13.1. The summed E-state index contributed by atoms with van der Waals surface area (Å²) in [6.45, 7) is 2.03. The molecule has 23 heavy (non-hydrogen) atoms. The fourth-order valence-electron chi connectivity index (χ4n) is 2.06. The number of halogens is 2. The minimum absolute atomic E-state index is 0.269. The number of hydrogen-bond acceptors (Lipinski definition) is 4. The van der Waals surface area contributed by atoms with E-state index in [4.69, 9.17) is 5.84 Å². The van der Waals surface area contributed by atoms with E-state index in [1.807, 2.05) is 31.2 Å². The van der Waals surface area contributed by atoms with E-state index in [0.717, 1.165) is 15.6 Å². The van der Waals surface area contributed by atoms with Gasteiger partial charge in [-0.05, 0) is 24.6 Å². The van der Waals surface area contributed by atoms with Crippen LogP contribution in [-0.4, -0.2) is 14.9 Å². The molecule has 118 valence electrons. The Labute approximate surface area is 146 Å². The molecule has 0 saturated carbocycles. The monoisotopic (exact) mass is 392 g/mol. The van der Waals surface area contributed by atoms with E-state index in [9.17, 15) is 4.39 Å². The average molecular weight is 393 g/mol. The Morgan fingerprint density at radius 3 is 2.61 bits per heavy atom. The first-order chi connectivity index (χ1) is 11.0. The lowest BCUT2D eigenvalue weighted by Gasteiger charge is -2.05. The van der Waals surface area contributed by atoms with Crippen LogP contribution in [0.5, 0.6) is 0 Å². The number of hydrogen-bond donors (Lipinski definition) is 1. The van der Waals surface area contributed by atoms with Gasteiger partial charge in [-0.2, -0.15) is 0 Å². The van der Waals surface area contributed by atoms with E-state index in [-0.39, 0.29) is 5.82 Å². The highest BCUT2D eigenvalue weighted by molar-refractivity contribution is 9.10. The first-order valence-corrected chi connectivity index (χ1v) is 8.66. The number of nitrogens with two attached hydrogens (primary N) is 1. The van der Waals surface area contributed by atoms with Gasteiger partial charge in [0, 0.05) is 15.8 Å². The van der Waals surface area contributed by atoms with Gasteiger partial charge in [0.25, 0.3) is 0 Å². The molecule has 2 N–H and O–H groups in total. The third kappa shape index (κ3) is 3.56. The van der Waals surface area contributed by atoms with Crippen molar-refractivity contribution in [2.45, 2.75) is 17.8 Å². The third-order valence-electron chi connectivity index (χ3n) is 3.35. The maximum Gasteiger partial charge on any atom is 0.210 e. The Bertz CT molecular complexity index is 833. The van der Waals surface area contributed by atoms with E-state index in [0.29, 0.717) is 16.7 Å². The predicted molar refractivity (Wildman–Crippen MR) is 94.0 cm³/mol. The molecule has 1 heterocycles. The smallest absolute Gasteiger partial charge is 0.210 e. The minimum Gasteiger partial charge on any atom is -0.335 e. The number of benzene rings is 2. The second kappa shape index (κ2) is 6.72. The van der Waals surface area contributed by atoms with Crippen LogP contribution in [0, 0.1) is 12.7 Å². The lowest BCUT2D eigenvalue weighted by molar-refractivity contribution is 0.626. The zero-order valence-corrected chi connectivity index (χ0v) is 14.7. The van der Waals surface area contributed by atoms with Crippen molar-refractivity contribution in [2.75, 3.05) is 5.84 Å². The van der Waals surface area contributed by atoms with Gasteiger partial charge < -0.3 is 5.84 Å². The average Bonchev–Trinajstić information content (AvgIpc) is 2.88. The van der Waals surface area contributed by atoms with Crippen LogP contribution in [0.4, 0.5) is 4.39 Å². The van der Waals surface area contributed by atoms with Crippen LogP contribution in [0.25, 0.3) is 11.4 Å². The van der Waals surface area contributed by atoms with Crippen LogP contribution in [0.1, 0.15) is 11.1 Å². The normalized spacial score (nSPS) is 10.9. The zero-order valence-electron chi connectivity index (χ0n) is 12.3. The second-order valence-electron chi connectivity index (χ2n) is 5.07. The molecule has 0 bridgehead atoms. The van der Waals surface area contributed by atoms with E-state index in [1.165, 1.54) is 34.1 Å². The lowest BCUT2D eigenvalue weighted by Crippen LogP contribution is -2.11. The van der Waals surface area contributed by atoms with Crippen molar-refractivity contribution in [1.82, 2.24) is 14.9 Å². The number of thioether (sulfide) groups is 1. The molecule has 7 heteroatoms. The van der Waals surface area contributed by atoms with Crippen molar-refractivity contribution >= 4 is 27.7 Å². The Morgan fingerprint density at radius 1 is 1.17 bits per heavy atom. The highest BCUT2D eigenvalue weighted by atomic mass is 79.9. The van der Waals surface area contributed by atoms with Gasteiger partial charge in [-0.15, -0.1) is 10.2 Å². The van der Waals surface area contributed by atoms with Gasteiger partial charge in [0.1, 0.15) is 5.82 Å². The third-order valence-corrected chi connectivity index (χ3v) is 5.08. The topological polar surface area (TPSA) is 56.7 Å². The van der Waals surface area contributed by atoms with Gasteiger partial charge >= 0.3 is 0 Å². The van der Waals surface area contributed by atoms with Crippen LogP contribution in [-0.2, 0) is 5.75 Å². The molecule has 0 aliphatic heterocycles. The first-order valence-electron chi connectivity index (χ1n) is 6.89. The van der Waals surface area contributed by atoms with Crippen LogP contribution in [0.3, 0.4) is 0 Å². The summed E-state index contributed by atoms with van der Waals surface area (Å²) in [4.78, 5) is 0. The number of rotatable bonds is 4.